The number of halogens is 1. The Bertz CT molecular complexity index is 342. The number of carbonyl (C=O) groups is 2. The predicted octanol–water partition coefficient (Wildman–Crippen LogP) is 1.74. The highest BCUT2D eigenvalue weighted by Crippen LogP contribution is 2.26. The molecule has 0 radical (unpaired) electrons. The molecule has 1 aliphatic rings. The lowest BCUT2D eigenvalue weighted by Crippen LogP contribution is -2.55. The van der Waals surface area contributed by atoms with Gasteiger partial charge in [-0.3, -0.25) is 9.59 Å². The van der Waals surface area contributed by atoms with Gasteiger partial charge < -0.3 is 16.4 Å². The second-order valence-corrected chi connectivity index (χ2v) is 6.57. The normalized spacial score (nSPS) is 17.5. The van der Waals surface area contributed by atoms with Crippen LogP contribution in [0.25, 0.3) is 0 Å². The van der Waals surface area contributed by atoms with Crippen molar-refractivity contribution in [2.24, 2.45) is 11.7 Å². The molecule has 1 saturated carbocycles. The fourth-order valence-corrected chi connectivity index (χ4v) is 2.51. The SMILES string of the molecule is CC(NC(=O)CC1CCCCC1)C(=O)NC(C)(C)CN.Cl. The topological polar surface area (TPSA) is 84.2 Å². The van der Waals surface area contributed by atoms with Crippen molar-refractivity contribution in [2.75, 3.05) is 6.54 Å². The minimum atomic E-state index is -0.517. The largest absolute Gasteiger partial charge is 0.348 e. The first-order valence-corrected chi connectivity index (χ1v) is 7.65. The first-order valence-electron chi connectivity index (χ1n) is 7.65. The molecule has 0 heterocycles. The lowest BCUT2D eigenvalue weighted by Gasteiger charge is -2.27. The van der Waals surface area contributed by atoms with Crippen molar-refractivity contribution in [1.82, 2.24) is 10.6 Å². The van der Waals surface area contributed by atoms with Gasteiger partial charge in [-0.15, -0.1) is 12.4 Å². The van der Waals surface area contributed by atoms with Gasteiger partial charge in [-0.1, -0.05) is 19.3 Å². The van der Waals surface area contributed by atoms with Crippen LogP contribution in [0, 0.1) is 5.92 Å². The van der Waals surface area contributed by atoms with E-state index in [0.717, 1.165) is 12.8 Å². The molecule has 1 aliphatic carbocycles. The Morgan fingerprint density at radius 1 is 1.24 bits per heavy atom. The fraction of sp³-hybridized carbons (Fsp3) is 0.867. The van der Waals surface area contributed by atoms with E-state index < -0.39 is 11.6 Å². The molecule has 1 unspecified atom stereocenters. The van der Waals surface area contributed by atoms with Crippen LogP contribution in [0.4, 0.5) is 0 Å². The van der Waals surface area contributed by atoms with E-state index in [-0.39, 0.29) is 24.2 Å². The van der Waals surface area contributed by atoms with Gasteiger partial charge in [-0.2, -0.15) is 0 Å². The summed E-state index contributed by atoms with van der Waals surface area (Å²) in [6, 6.07) is -0.517. The number of amides is 2. The van der Waals surface area contributed by atoms with Crippen LogP contribution in [0.15, 0.2) is 0 Å². The summed E-state index contributed by atoms with van der Waals surface area (Å²) in [6.45, 7) is 5.80. The molecule has 2 amide bonds. The number of nitrogens with two attached hydrogens (primary N) is 1. The number of hydrogen-bond acceptors (Lipinski definition) is 3. The molecule has 5 nitrogen and oxygen atoms in total. The highest BCUT2D eigenvalue weighted by molar-refractivity contribution is 5.87. The van der Waals surface area contributed by atoms with Gasteiger partial charge >= 0.3 is 0 Å². The third-order valence-electron chi connectivity index (χ3n) is 3.94. The fourth-order valence-electron chi connectivity index (χ4n) is 2.51. The van der Waals surface area contributed by atoms with E-state index in [4.69, 9.17) is 5.73 Å². The summed E-state index contributed by atoms with van der Waals surface area (Å²) in [4.78, 5) is 23.9. The Morgan fingerprint density at radius 3 is 2.33 bits per heavy atom. The molecule has 0 aliphatic heterocycles. The maximum Gasteiger partial charge on any atom is 0.242 e. The number of carbonyl (C=O) groups excluding carboxylic acids is 2. The van der Waals surface area contributed by atoms with E-state index in [9.17, 15) is 9.59 Å². The molecule has 4 N–H and O–H groups in total. The highest BCUT2D eigenvalue weighted by atomic mass is 35.5. The minimum Gasteiger partial charge on any atom is -0.348 e. The second-order valence-electron chi connectivity index (χ2n) is 6.57. The summed E-state index contributed by atoms with van der Waals surface area (Å²) in [6.07, 6.45) is 6.53. The van der Waals surface area contributed by atoms with Gasteiger partial charge in [-0.05, 0) is 39.5 Å². The van der Waals surface area contributed by atoms with Crippen molar-refractivity contribution in [3.63, 3.8) is 0 Å². The van der Waals surface area contributed by atoms with Crippen molar-refractivity contribution in [3.05, 3.63) is 0 Å². The van der Waals surface area contributed by atoms with Gasteiger partial charge in [-0.25, -0.2) is 0 Å². The Morgan fingerprint density at radius 2 is 1.81 bits per heavy atom. The Kier molecular flexibility index (Phi) is 8.90. The third kappa shape index (κ3) is 7.67. The van der Waals surface area contributed by atoms with Gasteiger partial charge in [0.15, 0.2) is 0 Å². The summed E-state index contributed by atoms with van der Waals surface area (Å²) >= 11 is 0. The maximum absolute atomic E-state index is 12.0. The van der Waals surface area contributed by atoms with Crippen LogP contribution in [0.1, 0.15) is 59.3 Å². The quantitative estimate of drug-likeness (QED) is 0.697. The van der Waals surface area contributed by atoms with Crippen molar-refractivity contribution in [2.45, 2.75) is 70.9 Å². The molecule has 1 fully saturated rings. The highest BCUT2D eigenvalue weighted by Gasteiger charge is 2.24. The van der Waals surface area contributed by atoms with E-state index >= 15 is 0 Å². The van der Waals surface area contributed by atoms with Gasteiger partial charge in [0.05, 0.1) is 0 Å². The Balaban J connectivity index is 0.00000400. The second kappa shape index (κ2) is 9.26. The van der Waals surface area contributed by atoms with Crippen LogP contribution in [-0.2, 0) is 9.59 Å². The van der Waals surface area contributed by atoms with E-state index in [1.54, 1.807) is 6.92 Å². The van der Waals surface area contributed by atoms with Crippen molar-refractivity contribution in [3.8, 4) is 0 Å². The molecule has 0 bridgehead atoms. The van der Waals surface area contributed by atoms with Crippen LogP contribution >= 0.6 is 12.4 Å². The van der Waals surface area contributed by atoms with Gasteiger partial charge in [0, 0.05) is 18.5 Å². The molecule has 1 atom stereocenters. The Labute approximate surface area is 134 Å². The number of nitrogens with one attached hydrogen (secondary N) is 2. The molecule has 0 aromatic rings. The van der Waals surface area contributed by atoms with Crippen LogP contribution in [-0.4, -0.2) is 29.9 Å². The summed E-state index contributed by atoms with van der Waals surface area (Å²) < 4.78 is 0. The molecule has 1 rings (SSSR count). The molecular formula is C15H30ClN3O2. The van der Waals surface area contributed by atoms with Crippen molar-refractivity contribution < 1.29 is 9.59 Å². The molecule has 6 heteroatoms. The lowest BCUT2D eigenvalue weighted by molar-refractivity contribution is -0.130. The molecule has 124 valence electrons. The van der Waals surface area contributed by atoms with E-state index in [1.165, 1.54) is 19.3 Å². The Hall–Kier alpha value is -0.810. The summed E-state index contributed by atoms with van der Waals surface area (Å²) in [5, 5.41) is 5.62. The first-order chi connectivity index (χ1) is 9.34. The summed E-state index contributed by atoms with van der Waals surface area (Å²) in [5.41, 5.74) is 5.13. The summed E-state index contributed by atoms with van der Waals surface area (Å²) in [5.74, 6) is 0.280. The molecule has 0 aromatic heterocycles. The van der Waals surface area contributed by atoms with Gasteiger partial charge in [0.2, 0.25) is 11.8 Å². The standard InChI is InChI=1S/C15H29N3O2.ClH/c1-11(14(20)18-15(2,3)10-16)17-13(19)9-12-7-5-4-6-8-12;/h11-12H,4-10,16H2,1-3H3,(H,17,19)(H,18,20);1H. The lowest BCUT2D eigenvalue weighted by atomic mass is 9.87. The zero-order chi connectivity index (χ0) is 15.2. The predicted molar refractivity (Wildman–Crippen MR) is 87.3 cm³/mol. The van der Waals surface area contributed by atoms with Gasteiger partial charge in [0.25, 0.3) is 0 Å². The minimum absolute atomic E-state index is 0. The molecule has 0 spiro atoms. The molecule has 0 saturated heterocycles. The van der Waals surface area contributed by atoms with Gasteiger partial charge in [0.1, 0.15) is 6.04 Å². The van der Waals surface area contributed by atoms with E-state index in [2.05, 4.69) is 10.6 Å². The number of rotatable bonds is 6. The van der Waals surface area contributed by atoms with Crippen LogP contribution in [0.3, 0.4) is 0 Å². The zero-order valence-corrected chi connectivity index (χ0v) is 14.2. The van der Waals surface area contributed by atoms with Crippen molar-refractivity contribution in [1.29, 1.82) is 0 Å². The van der Waals surface area contributed by atoms with Crippen LogP contribution in [0.5, 0.6) is 0 Å². The summed E-state index contributed by atoms with van der Waals surface area (Å²) in [7, 11) is 0. The van der Waals surface area contributed by atoms with E-state index in [1.807, 2.05) is 13.8 Å². The average molecular weight is 320 g/mol. The third-order valence-corrected chi connectivity index (χ3v) is 3.94. The zero-order valence-electron chi connectivity index (χ0n) is 13.4. The molecule has 0 aromatic carbocycles. The first kappa shape index (κ1) is 20.2. The smallest absolute Gasteiger partial charge is 0.242 e. The molecule has 21 heavy (non-hydrogen) atoms. The van der Waals surface area contributed by atoms with Crippen molar-refractivity contribution >= 4 is 24.2 Å². The van der Waals surface area contributed by atoms with E-state index in [0.29, 0.717) is 18.9 Å². The van der Waals surface area contributed by atoms with Crippen LogP contribution in [0.2, 0.25) is 0 Å². The average Bonchev–Trinajstić information content (AvgIpc) is 2.39. The monoisotopic (exact) mass is 319 g/mol. The van der Waals surface area contributed by atoms with Crippen LogP contribution < -0.4 is 16.4 Å². The number of hydrogen-bond donors (Lipinski definition) is 3. The maximum atomic E-state index is 12.0. The molecular weight excluding hydrogens is 290 g/mol.